The third kappa shape index (κ3) is 2.51. The Kier molecular flexibility index (Phi) is 3.63. The third-order valence-electron chi connectivity index (χ3n) is 2.74. The van der Waals surface area contributed by atoms with Crippen LogP contribution in [0.15, 0.2) is 36.4 Å². The van der Waals surface area contributed by atoms with Crippen LogP contribution in [0.2, 0.25) is 0 Å². The number of carbonyl (C=O) groups excluding carboxylic acids is 1. The molecule has 0 saturated carbocycles. The fraction of sp³-hybridized carbons (Fsp3) is 0.267. The van der Waals surface area contributed by atoms with Crippen molar-refractivity contribution in [3.63, 3.8) is 0 Å². The standard InChI is InChI=1S/C15H16O3/c1-10(16)9-18-15-8-7-12(11(2)17)13-5-3-4-6-14(13)15/h3-8,10,16H,9H2,1-2H3/t10-/m1/s1. The molecule has 0 aliphatic carbocycles. The van der Waals surface area contributed by atoms with E-state index in [0.29, 0.717) is 11.3 Å². The summed E-state index contributed by atoms with van der Waals surface area (Å²) in [6, 6.07) is 11.2. The first-order valence-corrected chi connectivity index (χ1v) is 5.93. The first-order chi connectivity index (χ1) is 8.59. The molecule has 0 heterocycles. The van der Waals surface area contributed by atoms with Gasteiger partial charge in [-0.2, -0.15) is 0 Å². The Balaban J connectivity index is 2.50. The number of hydrogen-bond donors (Lipinski definition) is 1. The molecule has 0 aliphatic rings. The molecule has 2 aromatic rings. The quantitative estimate of drug-likeness (QED) is 0.841. The van der Waals surface area contributed by atoms with E-state index in [1.165, 1.54) is 0 Å². The molecule has 1 atom stereocenters. The molecule has 94 valence electrons. The van der Waals surface area contributed by atoms with Crippen LogP contribution in [0.1, 0.15) is 24.2 Å². The smallest absolute Gasteiger partial charge is 0.160 e. The van der Waals surface area contributed by atoms with E-state index < -0.39 is 6.10 Å². The first-order valence-electron chi connectivity index (χ1n) is 5.93. The van der Waals surface area contributed by atoms with Crippen molar-refractivity contribution in [3.8, 4) is 5.75 Å². The summed E-state index contributed by atoms with van der Waals surface area (Å²) < 4.78 is 5.55. The summed E-state index contributed by atoms with van der Waals surface area (Å²) in [5.74, 6) is 0.727. The SMILES string of the molecule is CC(=O)c1ccc(OC[C@@H](C)O)c2ccccc12. The van der Waals surface area contributed by atoms with Crippen LogP contribution in [0, 0.1) is 0 Å². The van der Waals surface area contributed by atoms with Gasteiger partial charge in [-0.25, -0.2) is 0 Å². The molecule has 1 N–H and O–H groups in total. The molecule has 0 amide bonds. The van der Waals surface area contributed by atoms with Crippen molar-refractivity contribution < 1.29 is 14.6 Å². The van der Waals surface area contributed by atoms with Gasteiger partial charge in [-0.1, -0.05) is 24.3 Å². The summed E-state index contributed by atoms with van der Waals surface area (Å²) in [7, 11) is 0. The van der Waals surface area contributed by atoms with Gasteiger partial charge in [-0.15, -0.1) is 0 Å². The molecular formula is C15H16O3. The second-order valence-corrected chi connectivity index (χ2v) is 4.37. The van der Waals surface area contributed by atoms with Gasteiger partial charge in [0.15, 0.2) is 5.78 Å². The van der Waals surface area contributed by atoms with Gasteiger partial charge in [0.1, 0.15) is 12.4 Å². The zero-order chi connectivity index (χ0) is 13.1. The van der Waals surface area contributed by atoms with E-state index in [9.17, 15) is 9.90 Å². The number of ketones is 1. The van der Waals surface area contributed by atoms with E-state index in [1.54, 1.807) is 26.0 Å². The summed E-state index contributed by atoms with van der Waals surface area (Å²) in [4.78, 5) is 11.6. The molecule has 0 saturated heterocycles. The molecule has 2 aromatic carbocycles. The largest absolute Gasteiger partial charge is 0.490 e. The monoisotopic (exact) mass is 244 g/mol. The minimum atomic E-state index is -0.517. The lowest BCUT2D eigenvalue weighted by Gasteiger charge is -2.12. The van der Waals surface area contributed by atoms with E-state index in [1.807, 2.05) is 24.3 Å². The summed E-state index contributed by atoms with van der Waals surface area (Å²) in [5, 5.41) is 11.0. The average molecular weight is 244 g/mol. The van der Waals surface area contributed by atoms with Crippen LogP contribution in [0.4, 0.5) is 0 Å². The number of Topliss-reactive ketones (excluding diaryl/α,β-unsaturated/α-hetero) is 1. The second-order valence-electron chi connectivity index (χ2n) is 4.37. The van der Waals surface area contributed by atoms with E-state index in [2.05, 4.69) is 0 Å². The van der Waals surface area contributed by atoms with Crippen LogP contribution in [-0.4, -0.2) is 23.6 Å². The fourth-order valence-electron chi connectivity index (χ4n) is 1.91. The number of ether oxygens (including phenoxy) is 1. The van der Waals surface area contributed by atoms with Crippen LogP contribution >= 0.6 is 0 Å². The molecule has 3 nitrogen and oxygen atoms in total. The van der Waals surface area contributed by atoms with Crippen molar-refractivity contribution in [3.05, 3.63) is 42.0 Å². The van der Waals surface area contributed by atoms with Crippen LogP contribution < -0.4 is 4.74 Å². The number of benzene rings is 2. The van der Waals surface area contributed by atoms with Crippen molar-refractivity contribution in [1.82, 2.24) is 0 Å². The van der Waals surface area contributed by atoms with Gasteiger partial charge in [0.05, 0.1) is 6.10 Å². The zero-order valence-corrected chi connectivity index (χ0v) is 10.5. The molecule has 2 rings (SSSR count). The number of aliphatic hydroxyl groups excluding tert-OH is 1. The lowest BCUT2D eigenvalue weighted by atomic mass is 10.0. The van der Waals surface area contributed by atoms with E-state index in [0.717, 1.165) is 10.8 Å². The number of carbonyl (C=O) groups is 1. The van der Waals surface area contributed by atoms with Crippen molar-refractivity contribution in [2.24, 2.45) is 0 Å². The summed E-state index contributed by atoms with van der Waals surface area (Å²) in [5.41, 5.74) is 0.690. The van der Waals surface area contributed by atoms with Crippen LogP contribution in [0.3, 0.4) is 0 Å². The fourth-order valence-corrected chi connectivity index (χ4v) is 1.91. The topological polar surface area (TPSA) is 46.5 Å². The molecule has 0 aromatic heterocycles. The molecule has 3 heteroatoms. The molecule has 0 fully saturated rings. The third-order valence-corrected chi connectivity index (χ3v) is 2.74. The average Bonchev–Trinajstić information content (AvgIpc) is 2.35. The minimum absolute atomic E-state index is 0.0354. The normalized spacial score (nSPS) is 12.4. The van der Waals surface area contributed by atoms with E-state index in [4.69, 9.17) is 4.74 Å². The zero-order valence-electron chi connectivity index (χ0n) is 10.5. The van der Waals surface area contributed by atoms with Gasteiger partial charge in [-0.3, -0.25) is 4.79 Å². The summed E-state index contributed by atoms with van der Waals surface area (Å²) >= 11 is 0. The molecule has 18 heavy (non-hydrogen) atoms. The van der Waals surface area contributed by atoms with Gasteiger partial charge >= 0.3 is 0 Å². The number of aliphatic hydroxyl groups is 1. The molecule has 0 bridgehead atoms. The maximum Gasteiger partial charge on any atom is 0.160 e. The molecule has 0 spiro atoms. The Morgan fingerprint density at radius 1 is 1.22 bits per heavy atom. The van der Waals surface area contributed by atoms with Gasteiger partial charge in [-0.05, 0) is 31.4 Å². The van der Waals surface area contributed by atoms with Gasteiger partial charge < -0.3 is 9.84 Å². The van der Waals surface area contributed by atoms with Gasteiger partial charge in [0, 0.05) is 10.9 Å². The molecule has 0 aliphatic heterocycles. The number of hydrogen-bond acceptors (Lipinski definition) is 3. The molecule has 0 radical (unpaired) electrons. The van der Waals surface area contributed by atoms with Crippen molar-refractivity contribution in [1.29, 1.82) is 0 Å². The Labute approximate surface area is 106 Å². The number of rotatable bonds is 4. The highest BCUT2D eigenvalue weighted by molar-refractivity contribution is 6.08. The van der Waals surface area contributed by atoms with Crippen LogP contribution in [-0.2, 0) is 0 Å². The Morgan fingerprint density at radius 3 is 2.50 bits per heavy atom. The second kappa shape index (κ2) is 5.19. The van der Waals surface area contributed by atoms with Gasteiger partial charge in [0.25, 0.3) is 0 Å². The highest BCUT2D eigenvalue weighted by Crippen LogP contribution is 2.28. The molecule has 0 unspecified atom stereocenters. The van der Waals surface area contributed by atoms with Crippen LogP contribution in [0.25, 0.3) is 10.8 Å². The maximum absolute atomic E-state index is 11.6. The first kappa shape index (κ1) is 12.6. The van der Waals surface area contributed by atoms with Gasteiger partial charge in [0.2, 0.25) is 0 Å². The highest BCUT2D eigenvalue weighted by atomic mass is 16.5. The Bertz CT molecular complexity index is 573. The van der Waals surface area contributed by atoms with Crippen molar-refractivity contribution >= 4 is 16.6 Å². The summed E-state index contributed by atoms with van der Waals surface area (Å²) in [6.45, 7) is 3.47. The lowest BCUT2D eigenvalue weighted by molar-refractivity contribution is 0.101. The predicted octanol–water partition coefficient (Wildman–Crippen LogP) is 2.80. The Hall–Kier alpha value is -1.87. The van der Waals surface area contributed by atoms with Crippen LogP contribution in [0.5, 0.6) is 5.75 Å². The Morgan fingerprint density at radius 2 is 1.89 bits per heavy atom. The lowest BCUT2D eigenvalue weighted by Crippen LogP contribution is -2.13. The van der Waals surface area contributed by atoms with E-state index >= 15 is 0 Å². The van der Waals surface area contributed by atoms with Crippen molar-refractivity contribution in [2.75, 3.05) is 6.61 Å². The van der Waals surface area contributed by atoms with Crippen molar-refractivity contribution in [2.45, 2.75) is 20.0 Å². The summed E-state index contributed by atoms with van der Waals surface area (Å²) in [6.07, 6.45) is -0.517. The maximum atomic E-state index is 11.6. The van der Waals surface area contributed by atoms with E-state index in [-0.39, 0.29) is 12.4 Å². The predicted molar refractivity (Wildman–Crippen MR) is 71.1 cm³/mol. The number of fused-ring (bicyclic) bond motifs is 1. The highest BCUT2D eigenvalue weighted by Gasteiger charge is 2.10. The minimum Gasteiger partial charge on any atom is -0.490 e. The molecular weight excluding hydrogens is 228 g/mol.